The molecule has 0 fully saturated rings. The van der Waals surface area contributed by atoms with Crippen LogP contribution in [0, 0.1) is 0 Å². The van der Waals surface area contributed by atoms with Crippen LogP contribution in [0.4, 0.5) is 32.0 Å². The Labute approximate surface area is 114 Å². The molecule has 0 aliphatic heterocycles. The maximum absolute atomic E-state index is 11.9. The average Bonchev–Trinajstić information content (AvgIpc) is 2.32. The van der Waals surface area contributed by atoms with Gasteiger partial charge in [-0.1, -0.05) is 0 Å². The normalized spacial score (nSPS) is 12.1. The Hall–Kier alpha value is -2.13. The van der Waals surface area contributed by atoms with Gasteiger partial charge in [0.05, 0.1) is 11.3 Å². The summed E-state index contributed by atoms with van der Waals surface area (Å²) in [5.41, 5.74) is 4.68. The highest BCUT2D eigenvalue weighted by molar-refractivity contribution is 5.91. The van der Waals surface area contributed by atoms with Gasteiger partial charge in [-0.05, 0) is 18.2 Å². The molecule has 1 aromatic carbocycles. The van der Waals surface area contributed by atoms with E-state index in [1.54, 1.807) is 0 Å². The molecule has 0 spiro atoms. The summed E-state index contributed by atoms with van der Waals surface area (Å²) in [6.07, 6.45) is -9.26. The Morgan fingerprint density at radius 3 is 2.10 bits per heavy atom. The molecule has 10 heteroatoms. The molecule has 0 radical (unpaired) electrons. The molecule has 0 saturated heterocycles. The number of carbonyl (C=O) groups is 1. The number of nitrogen functional groups attached to an aromatic ring is 1. The summed E-state index contributed by atoms with van der Waals surface area (Å²) in [5, 5.41) is 0. The van der Waals surface area contributed by atoms with Crippen molar-refractivity contribution >= 4 is 11.7 Å². The number of alkyl halides is 6. The molecule has 0 aromatic heterocycles. The Kier molecular flexibility index (Phi) is 4.92. The van der Waals surface area contributed by atoms with Gasteiger partial charge in [0, 0.05) is 0 Å². The zero-order valence-electron chi connectivity index (χ0n) is 10.2. The zero-order chi connectivity index (χ0) is 16.3. The summed E-state index contributed by atoms with van der Waals surface area (Å²) >= 11 is 0. The van der Waals surface area contributed by atoms with E-state index in [-0.39, 0.29) is 17.0 Å². The second kappa shape index (κ2) is 6.10. The van der Waals surface area contributed by atoms with Gasteiger partial charge in [0.25, 0.3) is 0 Å². The molecule has 0 aliphatic rings. The van der Waals surface area contributed by atoms with Gasteiger partial charge in [-0.15, -0.1) is 0 Å². The lowest BCUT2D eigenvalue weighted by molar-refractivity contribution is -0.161. The number of hydrogen-bond acceptors (Lipinski definition) is 4. The van der Waals surface area contributed by atoms with E-state index in [9.17, 15) is 31.1 Å². The van der Waals surface area contributed by atoms with Crippen LogP contribution in [-0.2, 0) is 4.74 Å². The fourth-order valence-corrected chi connectivity index (χ4v) is 1.20. The first kappa shape index (κ1) is 16.9. The lowest BCUT2D eigenvalue weighted by atomic mass is 10.2. The Balaban J connectivity index is 2.71. The monoisotopic (exact) mass is 317 g/mol. The van der Waals surface area contributed by atoms with E-state index in [0.717, 1.165) is 18.2 Å². The first-order chi connectivity index (χ1) is 9.48. The van der Waals surface area contributed by atoms with Crippen LogP contribution >= 0.6 is 0 Å². The third kappa shape index (κ3) is 6.23. The number of anilines is 1. The maximum Gasteiger partial charge on any atom is 0.422 e. The van der Waals surface area contributed by atoms with Gasteiger partial charge in [-0.3, -0.25) is 0 Å². The number of ether oxygens (including phenoxy) is 2. The molecule has 118 valence electrons. The van der Waals surface area contributed by atoms with Gasteiger partial charge >= 0.3 is 18.3 Å². The summed E-state index contributed by atoms with van der Waals surface area (Å²) < 4.78 is 79.7. The quantitative estimate of drug-likeness (QED) is 0.527. The van der Waals surface area contributed by atoms with E-state index in [2.05, 4.69) is 9.47 Å². The van der Waals surface area contributed by atoms with E-state index in [1.807, 2.05) is 0 Å². The molecular formula is C11H9F6NO3. The van der Waals surface area contributed by atoms with Crippen LogP contribution in [0.1, 0.15) is 10.4 Å². The number of benzene rings is 1. The summed E-state index contributed by atoms with van der Waals surface area (Å²) in [5.74, 6) is -1.65. The van der Waals surface area contributed by atoms with Crippen LogP contribution < -0.4 is 10.5 Å². The zero-order valence-corrected chi connectivity index (χ0v) is 10.2. The molecule has 0 unspecified atom stereocenters. The standard InChI is InChI=1S/C11H9F6NO3/c12-10(13,14)4-20-8-2-1-6(3-7(8)18)9(19)21-5-11(15,16)17/h1-3H,4-5,18H2. The Bertz CT molecular complexity index is 512. The molecule has 0 aliphatic carbocycles. The van der Waals surface area contributed by atoms with Crippen LogP contribution in [0.3, 0.4) is 0 Å². The van der Waals surface area contributed by atoms with Crippen molar-refractivity contribution in [2.45, 2.75) is 12.4 Å². The molecule has 0 saturated carbocycles. The number of rotatable bonds is 4. The van der Waals surface area contributed by atoms with Crippen molar-refractivity contribution in [3.63, 3.8) is 0 Å². The lowest BCUT2D eigenvalue weighted by Crippen LogP contribution is -2.21. The van der Waals surface area contributed by atoms with E-state index in [1.165, 1.54) is 0 Å². The minimum Gasteiger partial charge on any atom is -0.482 e. The lowest BCUT2D eigenvalue weighted by Gasteiger charge is -2.12. The topological polar surface area (TPSA) is 61.6 Å². The van der Waals surface area contributed by atoms with Crippen molar-refractivity contribution < 1.29 is 40.6 Å². The van der Waals surface area contributed by atoms with Crippen LogP contribution in [0.5, 0.6) is 5.75 Å². The second-order valence-electron chi connectivity index (χ2n) is 3.85. The third-order valence-corrected chi connectivity index (χ3v) is 2.00. The molecule has 4 nitrogen and oxygen atoms in total. The van der Waals surface area contributed by atoms with Crippen LogP contribution in [0.15, 0.2) is 18.2 Å². The van der Waals surface area contributed by atoms with Crippen LogP contribution in [-0.4, -0.2) is 31.5 Å². The maximum atomic E-state index is 11.9. The van der Waals surface area contributed by atoms with E-state index < -0.39 is 31.5 Å². The largest absolute Gasteiger partial charge is 0.482 e. The van der Waals surface area contributed by atoms with E-state index >= 15 is 0 Å². The summed E-state index contributed by atoms with van der Waals surface area (Å²) in [6.45, 7) is -3.37. The SMILES string of the molecule is Nc1cc(C(=O)OCC(F)(F)F)ccc1OCC(F)(F)F. The van der Waals surface area contributed by atoms with Crippen molar-refractivity contribution in [3.05, 3.63) is 23.8 Å². The molecule has 0 amide bonds. The van der Waals surface area contributed by atoms with Gasteiger partial charge in [0.15, 0.2) is 13.2 Å². The highest BCUT2D eigenvalue weighted by Crippen LogP contribution is 2.26. The number of hydrogen-bond donors (Lipinski definition) is 1. The van der Waals surface area contributed by atoms with Gasteiger partial charge in [-0.25, -0.2) is 4.79 Å². The molecular weight excluding hydrogens is 308 g/mol. The minimum absolute atomic E-state index is 0.333. The van der Waals surface area contributed by atoms with Crippen LogP contribution in [0.2, 0.25) is 0 Å². The summed E-state index contributed by atoms with van der Waals surface area (Å²) in [7, 11) is 0. The van der Waals surface area contributed by atoms with Gasteiger partial charge in [0.1, 0.15) is 5.75 Å². The van der Waals surface area contributed by atoms with Crippen LogP contribution in [0.25, 0.3) is 0 Å². The summed E-state index contributed by atoms with van der Waals surface area (Å²) in [4.78, 5) is 11.3. The molecule has 0 atom stereocenters. The first-order valence-electron chi connectivity index (χ1n) is 5.31. The molecule has 1 rings (SSSR count). The average molecular weight is 317 g/mol. The second-order valence-corrected chi connectivity index (χ2v) is 3.85. The molecule has 0 bridgehead atoms. The molecule has 0 heterocycles. The fourth-order valence-electron chi connectivity index (χ4n) is 1.20. The van der Waals surface area contributed by atoms with E-state index in [4.69, 9.17) is 5.73 Å². The first-order valence-corrected chi connectivity index (χ1v) is 5.31. The van der Waals surface area contributed by atoms with Crippen molar-refractivity contribution in [2.24, 2.45) is 0 Å². The number of nitrogens with two attached hydrogens (primary N) is 1. The Morgan fingerprint density at radius 2 is 1.62 bits per heavy atom. The predicted molar refractivity (Wildman–Crippen MR) is 58.7 cm³/mol. The minimum atomic E-state index is -4.68. The van der Waals surface area contributed by atoms with Gasteiger partial charge in [-0.2, -0.15) is 26.3 Å². The highest BCUT2D eigenvalue weighted by atomic mass is 19.4. The van der Waals surface area contributed by atoms with E-state index in [0.29, 0.717) is 0 Å². The van der Waals surface area contributed by atoms with Crippen molar-refractivity contribution in [2.75, 3.05) is 18.9 Å². The molecule has 21 heavy (non-hydrogen) atoms. The summed E-state index contributed by atoms with van der Waals surface area (Å²) in [6, 6.07) is 2.75. The van der Waals surface area contributed by atoms with Gasteiger partial charge in [0.2, 0.25) is 0 Å². The van der Waals surface area contributed by atoms with Crippen molar-refractivity contribution in [3.8, 4) is 5.75 Å². The van der Waals surface area contributed by atoms with Crippen molar-refractivity contribution in [1.29, 1.82) is 0 Å². The molecule has 1 aromatic rings. The number of carbonyl (C=O) groups excluding carboxylic acids is 1. The third-order valence-electron chi connectivity index (χ3n) is 2.00. The van der Waals surface area contributed by atoms with Crippen molar-refractivity contribution in [1.82, 2.24) is 0 Å². The number of esters is 1. The van der Waals surface area contributed by atoms with Gasteiger partial charge < -0.3 is 15.2 Å². The Morgan fingerprint density at radius 1 is 1.05 bits per heavy atom. The fraction of sp³-hybridized carbons (Fsp3) is 0.364. The predicted octanol–water partition coefficient (Wildman–Crippen LogP) is 2.93. The highest BCUT2D eigenvalue weighted by Gasteiger charge is 2.30. The molecule has 2 N–H and O–H groups in total. The smallest absolute Gasteiger partial charge is 0.422 e. The number of halogens is 6.